The van der Waals surface area contributed by atoms with Gasteiger partial charge in [-0.15, -0.1) is 0 Å². The summed E-state index contributed by atoms with van der Waals surface area (Å²) in [5, 5.41) is 2.61. The van der Waals surface area contributed by atoms with E-state index in [1.807, 2.05) is 12.1 Å². The molecule has 4 rings (SSSR count). The predicted molar refractivity (Wildman–Crippen MR) is 114 cm³/mol. The molecule has 0 spiro atoms. The van der Waals surface area contributed by atoms with Crippen LogP contribution in [0.3, 0.4) is 0 Å². The second-order valence-corrected chi connectivity index (χ2v) is 6.46. The van der Waals surface area contributed by atoms with E-state index in [9.17, 15) is 0 Å². The molecule has 2 heteroatoms. The smallest absolute Gasteiger partial charge is 0.0280 e. The van der Waals surface area contributed by atoms with Crippen LogP contribution < -0.4 is 6.15 Å². The van der Waals surface area contributed by atoms with Crippen LogP contribution in [0, 0.1) is 25.7 Å². The summed E-state index contributed by atoms with van der Waals surface area (Å²) < 4.78 is 0. The first kappa shape index (κ1) is 18.4. The number of fused-ring (bicyclic) bond motifs is 1. The van der Waals surface area contributed by atoms with E-state index >= 15 is 0 Å². The van der Waals surface area contributed by atoms with Gasteiger partial charge in [0.1, 0.15) is 0 Å². The van der Waals surface area contributed by atoms with Crippen LogP contribution in [0.5, 0.6) is 0 Å². The lowest BCUT2D eigenvalue weighted by Gasteiger charge is -2.13. The van der Waals surface area contributed by atoms with Crippen molar-refractivity contribution < 1.29 is 0 Å². The van der Waals surface area contributed by atoms with E-state index in [1.54, 1.807) is 12.4 Å². The number of rotatable bonds is 1. The molecule has 0 bridgehead atoms. The van der Waals surface area contributed by atoms with Gasteiger partial charge in [-0.3, -0.25) is 4.98 Å². The predicted octanol–water partition coefficient (Wildman–Crippen LogP) is 6.08. The third-order valence-electron chi connectivity index (χ3n) is 4.86. The first-order valence-corrected chi connectivity index (χ1v) is 8.74. The van der Waals surface area contributed by atoms with Gasteiger partial charge in [0.25, 0.3) is 0 Å². The van der Waals surface area contributed by atoms with Crippen molar-refractivity contribution >= 4 is 10.8 Å². The minimum atomic E-state index is 0. The monoisotopic (exact) mass is 350 g/mol. The summed E-state index contributed by atoms with van der Waals surface area (Å²) in [4.78, 5) is 4.01. The number of benzene rings is 3. The molecule has 4 aromatic rings. The molecule has 0 saturated heterocycles. The lowest BCUT2D eigenvalue weighted by molar-refractivity contribution is 1.32. The molecule has 2 nitrogen and oxygen atoms in total. The Morgan fingerprint density at radius 2 is 1.33 bits per heavy atom. The number of nitrogens with zero attached hydrogens (tertiary/aromatic N) is 1. The molecule has 0 radical (unpaired) electrons. The Kier molecular flexibility index (Phi) is 5.35. The number of pyridine rings is 1. The van der Waals surface area contributed by atoms with E-state index < -0.39 is 0 Å². The van der Waals surface area contributed by atoms with E-state index in [0.717, 1.165) is 11.1 Å². The Balaban J connectivity index is 0.00000210. The lowest BCUT2D eigenvalue weighted by atomic mass is 9.92. The van der Waals surface area contributed by atoms with Gasteiger partial charge in [0, 0.05) is 23.5 Å². The molecule has 0 aliphatic heterocycles. The Hall–Kier alpha value is -3.41. The Morgan fingerprint density at radius 1 is 0.704 bits per heavy atom. The van der Waals surface area contributed by atoms with Crippen LogP contribution in [0.15, 0.2) is 79.1 Å². The Labute approximate surface area is 160 Å². The maximum Gasteiger partial charge on any atom is 0.0280 e. The Bertz CT molecular complexity index is 1130. The third-order valence-corrected chi connectivity index (χ3v) is 4.86. The van der Waals surface area contributed by atoms with E-state index in [4.69, 9.17) is 0 Å². The van der Waals surface area contributed by atoms with Gasteiger partial charge in [0.15, 0.2) is 0 Å². The molecular weight excluding hydrogens is 328 g/mol. The van der Waals surface area contributed by atoms with Crippen molar-refractivity contribution in [3.63, 3.8) is 0 Å². The topological polar surface area (TPSA) is 47.9 Å². The maximum atomic E-state index is 4.01. The summed E-state index contributed by atoms with van der Waals surface area (Å²) >= 11 is 0. The quantitative estimate of drug-likeness (QED) is 0.423. The molecule has 1 heterocycles. The van der Waals surface area contributed by atoms with Crippen molar-refractivity contribution in [3.8, 4) is 23.0 Å². The zero-order valence-electron chi connectivity index (χ0n) is 15.7. The maximum absolute atomic E-state index is 4.01. The highest BCUT2D eigenvalue weighted by atomic mass is 14.6. The zero-order valence-corrected chi connectivity index (χ0v) is 15.7. The normalized spacial score (nSPS) is 10.0. The number of aryl methyl sites for hydroxylation is 1. The van der Waals surface area contributed by atoms with Crippen LogP contribution in [-0.4, -0.2) is 4.98 Å². The molecule has 1 aromatic heterocycles. The molecule has 0 saturated carbocycles. The largest absolute Gasteiger partial charge is 0.344 e. The van der Waals surface area contributed by atoms with Gasteiger partial charge in [-0.05, 0) is 77.2 Å². The summed E-state index contributed by atoms with van der Waals surface area (Å²) in [5.41, 5.74) is 7.19. The van der Waals surface area contributed by atoms with Gasteiger partial charge in [0.05, 0.1) is 0 Å². The summed E-state index contributed by atoms with van der Waals surface area (Å²) in [5.74, 6) is 6.39. The molecule has 0 fully saturated rings. The number of hydrogen-bond donors (Lipinski definition) is 1. The minimum absolute atomic E-state index is 0. The van der Waals surface area contributed by atoms with Crippen LogP contribution in [-0.2, 0) is 0 Å². The zero-order chi connectivity index (χ0) is 17.9. The molecule has 0 aliphatic rings. The van der Waals surface area contributed by atoms with Gasteiger partial charge in [0.2, 0.25) is 0 Å². The molecule has 0 unspecified atom stereocenters. The molecular formula is C25H22N2. The molecule has 3 aromatic carbocycles. The fourth-order valence-corrected chi connectivity index (χ4v) is 3.24. The van der Waals surface area contributed by atoms with Gasteiger partial charge in [-0.2, -0.15) is 0 Å². The minimum Gasteiger partial charge on any atom is -0.344 e. The van der Waals surface area contributed by atoms with Crippen LogP contribution in [0.1, 0.15) is 22.3 Å². The van der Waals surface area contributed by atoms with E-state index in [2.05, 4.69) is 85.3 Å². The van der Waals surface area contributed by atoms with Crippen molar-refractivity contribution in [1.29, 1.82) is 0 Å². The van der Waals surface area contributed by atoms with Crippen molar-refractivity contribution in [1.82, 2.24) is 11.1 Å². The summed E-state index contributed by atoms with van der Waals surface area (Å²) in [6.45, 7) is 4.41. The van der Waals surface area contributed by atoms with Crippen LogP contribution >= 0.6 is 0 Å². The summed E-state index contributed by atoms with van der Waals surface area (Å²) in [6, 6.07) is 23.2. The van der Waals surface area contributed by atoms with Gasteiger partial charge >= 0.3 is 0 Å². The summed E-state index contributed by atoms with van der Waals surface area (Å²) in [7, 11) is 0. The SMILES string of the molecule is Cc1c(-c2ccc(C#Cc3ccncc3)cc2)cc2ccccc2c1C.N. The number of hydrogen-bond acceptors (Lipinski definition) is 2. The van der Waals surface area contributed by atoms with Crippen LogP contribution in [0.25, 0.3) is 21.9 Å². The van der Waals surface area contributed by atoms with Crippen LogP contribution in [0.4, 0.5) is 0 Å². The summed E-state index contributed by atoms with van der Waals surface area (Å²) in [6.07, 6.45) is 3.52. The van der Waals surface area contributed by atoms with Crippen LogP contribution in [0.2, 0.25) is 0 Å². The molecule has 3 N–H and O–H groups in total. The van der Waals surface area contributed by atoms with Gasteiger partial charge < -0.3 is 6.15 Å². The second-order valence-electron chi connectivity index (χ2n) is 6.46. The van der Waals surface area contributed by atoms with Gasteiger partial charge in [-0.25, -0.2) is 0 Å². The van der Waals surface area contributed by atoms with Gasteiger partial charge in [-0.1, -0.05) is 48.2 Å². The fraction of sp³-hybridized carbons (Fsp3) is 0.0800. The van der Waals surface area contributed by atoms with E-state index in [-0.39, 0.29) is 6.15 Å². The second kappa shape index (κ2) is 7.86. The molecule has 132 valence electrons. The standard InChI is InChI=1S/C25H19N.H3N/c1-18-19(2)25(17-23-5-3-4-6-24(18)23)22-11-9-20(10-12-22)7-8-21-13-15-26-16-14-21;/h3-6,9-17H,1-2H3;1H3. The highest BCUT2D eigenvalue weighted by Gasteiger charge is 2.08. The van der Waals surface area contributed by atoms with Crippen molar-refractivity contribution in [2.45, 2.75) is 13.8 Å². The van der Waals surface area contributed by atoms with Crippen molar-refractivity contribution in [3.05, 3.63) is 101 Å². The first-order chi connectivity index (χ1) is 12.7. The lowest BCUT2D eigenvalue weighted by Crippen LogP contribution is -1.90. The highest BCUT2D eigenvalue weighted by Crippen LogP contribution is 2.31. The van der Waals surface area contributed by atoms with Crippen molar-refractivity contribution in [2.75, 3.05) is 0 Å². The third kappa shape index (κ3) is 3.74. The molecule has 0 atom stereocenters. The fourth-order valence-electron chi connectivity index (χ4n) is 3.24. The van der Waals surface area contributed by atoms with E-state index in [0.29, 0.717) is 0 Å². The molecule has 27 heavy (non-hydrogen) atoms. The van der Waals surface area contributed by atoms with Crippen molar-refractivity contribution in [2.24, 2.45) is 0 Å². The number of aromatic nitrogens is 1. The molecule has 0 aliphatic carbocycles. The highest BCUT2D eigenvalue weighted by molar-refractivity contribution is 5.92. The first-order valence-electron chi connectivity index (χ1n) is 8.74. The average molecular weight is 350 g/mol. The Morgan fingerprint density at radius 3 is 2.04 bits per heavy atom. The van der Waals surface area contributed by atoms with E-state index in [1.165, 1.54) is 33.0 Å². The molecule has 0 amide bonds. The average Bonchev–Trinajstić information content (AvgIpc) is 2.70.